The molecule has 0 aromatic heterocycles. The fourth-order valence-corrected chi connectivity index (χ4v) is 3.34. The molecule has 2 atom stereocenters. The number of nitrogens with one attached hydrogen (secondary N) is 2. The van der Waals surface area contributed by atoms with E-state index in [4.69, 9.17) is 10.5 Å². The van der Waals surface area contributed by atoms with E-state index in [2.05, 4.69) is 10.6 Å². The second-order valence-corrected chi connectivity index (χ2v) is 7.71. The van der Waals surface area contributed by atoms with Gasteiger partial charge in [-0.2, -0.15) is 0 Å². The van der Waals surface area contributed by atoms with Gasteiger partial charge in [0.1, 0.15) is 12.6 Å². The summed E-state index contributed by atoms with van der Waals surface area (Å²) < 4.78 is 5.05. The van der Waals surface area contributed by atoms with E-state index in [1.165, 1.54) is 0 Å². The van der Waals surface area contributed by atoms with Crippen molar-refractivity contribution in [3.05, 3.63) is 83.9 Å². The number of rotatable bonds is 10. The first-order valence-corrected chi connectivity index (χ1v) is 10.6. The quantitative estimate of drug-likeness (QED) is 0.376. The van der Waals surface area contributed by atoms with Gasteiger partial charge in [-0.3, -0.25) is 9.59 Å². The highest BCUT2D eigenvalue weighted by atomic mass is 16.5. The summed E-state index contributed by atoms with van der Waals surface area (Å²) in [6.45, 7) is -0.0781. The predicted octanol–water partition coefficient (Wildman–Crippen LogP) is 2.03. The third kappa shape index (κ3) is 7.62. The van der Waals surface area contributed by atoms with Gasteiger partial charge in [0.15, 0.2) is 0 Å². The molecule has 0 heterocycles. The Hall–Kier alpha value is -3.91. The van der Waals surface area contributed by atoms with Crippen molar-refractivity contribution in [1.82, 2.24) is 10.6 Å². The third-order valence-corrected chi connectivity index (χ3v) is 5.05. The fourth-order valence-electron chi connectivity index (χ4n) is 3.34. The van der Waals surface area contributed by atoms with E-state index >= 15 is 0 Å². The van der Waals surface area contributed by atoms with Crippen LogP contribution >= 0.6 is 0 Å². The summed E-state index contributed by atoms with van der Waals surface area (Å²) in [5.74, 6) is -1.22. The average Bonchev–Trinajstić information content (AvgIpc) is 2.81. The van der Waals surface area contributed by atoms with Gasteiger partial charge in [-0.25, -0.2) is 4.79 Å². The molecule has 0 bridgehead atoms. The van der Waals surface area contributed by atoms with E-state index in [0.717, 1.165) is 21.9 Å². The Morgan fingerprint density at radius 2 is 1.61 bits per heavy atom. The van der Waals surface area contributed by atoms with Crippen molar-refractivity contribution in [2.75, 3.05) is 6.54 Å². The van der Waals surface area contributed by atoms with Crippen molar-refractivity contribution in [3.63, 3.8) is 0 Å². The lowest BCUT2D eigenvalue weighted by Crippen LogP contribution is -2.47. The molecule has 0 radical (unpaired) electrons. The van der Waals surface area contributed by atoms with Gasteiger partial charge in [-0.1, -0.05) is 72.8 Å². The number of hydrogen-bond acceptors (Lipinski definition) is 5. The molecule has 0 fully saturated rings. The van der Waals surface area contributed by atoms with Gasteiger partial charge in [-0.15, -0.1) is 0 Å². The Bertz CT molecular complexity index is 1100. The second kappa shape index (κ2) is 11.6. The molecule has 5 N–H and O–H groups in total. The Balaban J connectivity index is 1.44. The topological polar surface area (TPSA) is 131 Å². The minimum atomic E-state index is -1.15. The smallest absolute Gasteiger partial charge is 0.407 e. The zero-order valence-electron chi connectivity index (χ0n) is 18.1. The number of alkyl carbamates (subject to hydrolysis) is 1. The van der Waals surface area contributed by atoms with Crippen molar-refractivity contribution >= 4 is 28.7 Å². The molecule has 3 rings (SSSR count). The van der Waals surface area contributed by atoms with Crippen LogP contribution in [0.25, 0.3) is 10.8 Å². The molecule has 3 amide bonds. The maximum atomic E-state index is 12.3. The van der Waals surface area contributed by atoms with Gasteiger partial charge in [0.25, 0.3) is 0 Å². The number of benzene rings is 3. The standard InChI is InChI=1S/C25H27N3O5/c26-24(31)22(13-18-10-11-19-8-4-5-9-20(19)12-18)28-23(30)14-21(29)15-27-25(32)33-16-17-6-2-1-3-7-17/h1-12,21-22,29H,13-16H2,(H2,26,31)(H,27,32)(H,28,30)/t21-,22+/m1/s1. The molecule has 33 heavy (non-hydrogen) atoms. The molecule has 0 aliphatic rings. The summed E-state index contributed by atoms with van der Waals surface area (Å²) in [6.07, 6.45) is -1.93. The zero-order chi connectivity index (χ0) is 23.6. The van der Waals surface area contributed by atoms with Gasteiger partial charge >= 0.3 is 6.09 Å². The molecule has 0 unspecified atom stereocenters. The molecule has 8 nitrogen and oxygen atoms in total. The fraction of sp³-hybridized carbons (Fsp3) is 0.240. The number of carbonyl (C=O) groups is 3. The molecule has 172 valence electrons. The van der Waals surface area contributed by atoms with Crippen molar-refractivity contribution in [1.29, 1.82) is 0 Å². The van der Waals surface area contributed by atoms with Crippen LogP contribution in [0.2, 0.25) is 0 Å². The van der Waals surface area contributed by atoms with Crippen molar-refractivity contribution in [3.8, 4) is 0 Å². The molecule has 0 aliphatic heterocycles. The van der Waals surface area contributed by atoms with Crippen LogP contribution in [0.5, 0.6) is 0 Å². The Labute approximate surface area is 191 Å². The first kappa shape index (κ1) is 23.7. The van der Waals surface area contributed by atoms with Crippen LogP contribution in [0.1, 0.15) is 17.5 Å². The summed E-state index contributed by atoms with van der Waals surface area (Å²) in [5, 5.41) is 17.1. The van der Waals surface area contributed by atoms with Crippen molar-refractivity contribution < 1.29 is 24.2 Å². The van der Waals surface area contributed by atoms with E-state index in [0.29, 0.717) is 0 Å². The molecule has 0 aliphatic carbocycles. The number of hydrogen-bond donors (Lipinski definition) is 4. The number of nitrogens with two attached hydrogens (primary N) is 1. The van der Waals surface area contributed by atoms with E-state index in [-0.39, 0.29) is 26.0 Å². The van der Waals surface area contributed by atoms with Gasteiger partial charge in [0.05, 0.1) is 12.5 Å². The van der Waals surface area contributed by atoms with Crippen LogP contribution in [0.4, 0.5) is 4.79 Å². The van der Waals surface area contributed by atoms with Gasteiger partial charge in [0, 0.05) is 13.0 Å². The Morgan fingerprint density at radius 1 is 0.909 bits per heavy atom. The third-order valence-electron chi connectivity index (χ3n) is 5.05. The molecule has 0 saturated carbocycles. The summed E-state index contributed by atoms with van der Waals surface area (Å²) in [7, 11) is 0. The number of amides is 3. The molecule has 3 aromatic rings. The van der Waals surface area contributed by atoms with Crippen LogP contribution in [0.15, 0.2) is 72.8 Å². The van der Waals surface area contributed by atoms with E-state index in [9.17, 15) is 19.5 Å². The summed E-state index contributed by atoms with van der Waals surface area (Å²) in [6, 6.07) is 21.8. The Kier molecular flexibility index (Phi) is 8.37. The highest BCUT2D eigenvalue weighted by Crippen LogP contribution is 2.16. The lowest BCUT2D eigenvalue weighted by Gasteiger charge is -2.18. The molecule has 0 saturated heterocycles. The lowest BCUT2D eigenvalue weighted by atomic mass is 10.0. The molecule has 0 spiro atoms. The van der Waals surface area contributed by atoms with Crippen LogP contribution in [-0.2, 0) is 27.4 Å². The van der Waals surface area contributed by atoms with Gasteiger partial charge < -0.3 is 26.2 Å². The normalized spacial score (nSPS) is 12.5. The minimum absolute atomic E-state index is 0.0956. The van der Waals surface area contributed by atoms with Crippen molar-refractivity contribution in [2.24, 2.45) is 5.73 Å². The van der Waals surface area contributed by atoms with Crippen LogP contribution in [0, 0.1) is 0 Å². The molecule has 3 aromatic carbocycles. The number of aliphatic hydroxyl groups excluding tert-OH is 1. The molecular formula is C25H27N3O5. The number of primary amides is 1. The zero-order valence-corrected chi connectivity index (χ0v) is 18.1. The first-order chi connectivity index (χ1) is 15.9. The summed E-state index contributed by atoms with van der Waals surface area (Å²) in [5.41, 5.74) is 7.14. The molecule has 8 heteroatoms. The second-order valence-electron chi connectivity index (χ2n) is 7.71. The average molecular weight is 450 g/mol. The predicted molar refractivity (Wildman–Crippen MR) is 124 cm³/mol. The summed E-state index contributed by atoms with van der Waals surface area (Å²) in [4.78, 5) is 35.9. The number of fused-ring (bicyclic) bond motifs is 1. The van der Waals surface area contributed by atoms with E-state index < -0.39 is 30.1 Å². The largest absolute Gasteiger partial charge is 0.445 e. The number of carbonyl (C=O) groups excluding carboxylic acids is 3. The lowest BCUT2D eigenvalue weighted by molar-refractivity contribution is -0.128. The first-order valence-electron chi connectivity index (χ1n) is 10.6. The van der Waals surface area contributed by atoms with E-state index in [1.54, 1.807) is 0 Å². The van der Waals surface area contributed by atoms with Gasteiger partial charge in [-0.05, 0) is 21.9 Å². The van der Waals surface area contributed by atoms with Crippen molar-refractivity contribution in [2.45, 2.75) is 31.6 Å². The maximum Gasteiger partial charge on any atom is 0.407 e. The molecular weight excluding hydrogens is 422 g/mol. The van der Waals surface area contributed by atoms with Crippen LogP contribution in [0.3, 0.4) is 0 Å². The monoisotopic (exact) mass is 449 g/mol. The number of ether oxygens (including phenoxy) is 1. The SMILES string of the molecule is NC(=O)[C@H](Cc1ccc2ccccc2c1)NC(=O)C[C@@H](O)CNC(=O)OCc1ccccc1. The number of aliphatic hydroxyl groups is 1. The van der Waals surface area contributed by atoms with Crippen LogP contribution in [-0.4, -0.2) is 41.7 Å². The highest BCUT2D eigenvalue weighted by Gasteiger charge is 2.21. The minimum Gasteiger partial charge on any atom is -0.445 e. The van der Waals surface area contributed by atoms with Crippen LogP contribution < -0.4 is 16.4 Å². The van der Waals surface area contributed by atoms with E-state index in [1.807, 2.05) is 72.8 Å². The summed E-state index contributed by atoms with van der Waals surface area (Å²) >= 11 is 0. The van der Waals surface area contributed by atoms with Gasteiger partial charge in [0.2, 0.25) is 11.8 Å². The highest BCUT2D eigenvalue weighted by molar-refractivity contribution is 5.87. The Morgan fingerprint density at radius 3 is 2.33 bits per heavy atom. The maximum absolute atomic E-state index is 12.3.